The SMILES string of the molecule is CNC(C)Cc1ccc(OCc2ccc(Cl)c(Cl)c2)cc1. The summed E-state index contributed by atoms with van der Waals surface area (Å²) in [5.41, 5.74) is 2.29. The first-order valence-corrected chi connectivity index (χ1v) is 7.67. The number of ether oxygens (including phenoxy) is 1. The summed E-state index contributed by atoms with van der Waals surface area (Å²) in [4.78, 5) is 0. The van der Waals surface area contributed by atoms with Crippen LogP contribution in [0.5, 0.6) is 5.75 Å². The highest BCUT2D eigenvalue weighted by molar-refractivity contribution is 6.42. The molecule has 0 aliphatic heterocycles. The second kappa shape index (κ2) is 7.69. The van der Waals surface area contributed by atoms with Crippen LogP contribution in [0.1, 0.15) is 18.1 Å². The molecule has 0 bridgehead atoms. The molecule has 2 aromatic carbocycles. The highest BCUT2D eigenvalue weighted by Crippen LogP contribution is 2.23. The van der Waals surface area contributed by atoms with Crippen LogP contribution in [0, 0.1) is 0 Å². The largest absolute Gasteiger partial charge is 0.489 e. The molecule has 0 radical (unpaired) electrons. The van der Waals surface area contributed by atoms with Gasteiger partial charge in [-0.25, -0.2) is 0 Å². The third-order valence-corrected chi connectivity index (χ3v) is 4.09. The number of likely N-dealkylation sites (N-methyl/N-ethyl adjacent to an activating group) is 1. The zero-order valence-corrected chi connectivity index (χ0v) is 13.7. The van der Waals surface area contributed by atoms with Crippen molar-refractivity contribution in [2.75, 3.05) is 7.05 Å². The maximum Gasteiger partial charge on any atom is 0.119 e. The van der Waals surface area contributed by atoms with Gasteiger partial charge in [-0.05, 0) is 55.8 Å². The number of hydrogen-bond acceptors (Lipinski definition) is 2. The molecule has 4 heteroatoms. The Bertz CT molecular complexity index is 584. The molecule has 0 spiro atoms. The molecule has 112 valence electrons. The van der Waals surface area contributed by atoms with E-state index in [1.54, 1.807) is 6.07 Å². The third-order valence-electron chi connectivity index (χ3n) is 3.35. The summed E-state index contributed by atoms with van der Waals surface area (Å²) in [5.74, 6) is 0.849. The van der Waals surface area contributed by atoms with E-state index in [-0.39, 0.29) is 0 Å². The molecule has 0 aliphatic carbocycles. The molecular formula is C17H19Cl2NO. The summed E-state index contributed by atoms with van der Waals surface area (Å²) in [7, 11) is 1.97. The van der Waals surface area contributed by atoms with Crippen molar-refractivity contribution in [1.29, 1.82) is 0 Å². The molecule has 0 amide bonds. The molecule has 0 saturated carbocycles. The molecule has 2 nitrogen and oxygen atoms in total. The van der Waals surface area contributed by atoms with Gasteiger partial charge in [0.05, 0.1) is 10.0 Å². The molecule has 0 aliphatic rings. The van der Waals surface area contributed by atoms with E-state index < -0.39 is 0 Å². The first-order valence-electron chi connectivity index (χ1n) is 6.91. The van der Waals surface area contributed by atoms with Crippen LogP contribution in [-0.4, -0.2) is 13.1 Å². The van der Waals surface area contributed by atoms with Crippen LogP contribution < -0.4 is 10.1 Å². The Labute approximate surface area is 136 Å². The molecule has 0 saturated heterocycles. The lowest BCUT2D eigenvalue weighted by Crippen LogP contribution is -2.23. The van der Waals surface area contributed by atoms with E-state index in [2.05, 4.69) is 24.4 Å². The Kier molecular flexibility index (Phi) is 5.92. The Balaban J connectivity index is 1.92. The van der Waals surface area contributed by atoms with Crippen molar-refractivity contribution >= 4 is 23.2 Å². The Morgan fingerprint density at radius 2 is 1.67 bits per heavy atom. The van der Waals surface area contributed by atoms with Crippen LogP contribution in [0.2, 0.25) is 10.0 Å². The lowest BCUT2D eigenvalue weighted by molar-refractivity contribution is 0.306. The highest BCUT2D eigenvalue weighted by Gasteiger charge is 2.03. The summed E-state index contributed by atoms with van der Waals surface area (Å²) in [6.45, 7) is 2.64. The first kappa shape index (κ1) is 16.2. The van der Waals surface area contributed by atoms with Crippen LogP contribution in [0.3, 0.4) is 0 Å². The van der Waals surface area contributed by atoms with E-state index in [1.807, 2.05) is 31.3 Å². The lowest BCUT2D eigenvalue weighted by Gasteiger charge is -2.11. The smallest absolute Gasteiger partial charge is 0.119 e. The summed E-state index contributed by atoms with van der Waals surface area (Å²) in [6, 6.07) is 14.2. The molecule has 1 N–H and O–H groups in total. The minimum absolute atomic E-state index is 0.466. The molecule has 21 heavy (non-hydrogen) atoms. The maximum atomic E-state index is 5.99. The highest BCUT2D eigenvalue weighted by atomic mass is 35.5. The zero-order chi connectivity index (χ0) is 15.2. The van der Waals surface area contributed by atoms with Gasteiger partial charge in [-0.3, -0.25) is 0 Å². The van der Waals surface area contributed by atoms with Crippen molar-refractivity contribution in [1.82, 2.24) is 5.32 Å². The van der Waals surface area contributed by atoms with E-state index in [0.717, 1.165) is 17.7 Å². The van der Waals surface area contributed by atoms with Gasteiger partial charge in [0.1, 0.15) is 12.4 Å². The van der Waals surface area contributed by atoms with Gasteiger partial charge in [0.25, 0.3) is 0 Å². The van der Waals surface area contributed by atoms with Crippen LogP contribution in [-0.2, 0) is 13.0 Å². The monoisotopic (exact) mass is 323 g/mol. The summed E-state index contributed by atoms with van der Waals surface area (Å²) in [6.07, 6.45) is 1.00. The van der Waals surface area contributed by atoms with Gasteiger partial charge in [0.15, 0.2) is 0 Å². The van der Waals surface area contributed by atoms with Gasteiger partial charge in [0.2, 0.25) is 0 Å². The average molecular weight is 324 g/mol. The van der Waals surface area contributed by atoms with Crippen molar-refractivity contribution in [3.8, 4) is 5.75 Å². The predicted octanol–water partition coefficient (Wildman–Crippen LogP) is 4.72. The van der Waals surface area contributed by atoms with Gasteiger partial charge < -0.3 is 10.1 Å². The second-order valence-corrected chi connectivity index (χ2v) is 5.89. The molecule has 0 fully saturated rings. The fraction of sp³-hybridized carbons (Fsp3) is 0.294. The van der Waals surface area contributed by atoms with Gasteiger partial charge in [0, 0.05) is 6.04 Å². The van der Waals surface area contributed by atoms with E-state index in [9.17, 15) is 0 Å². The van der Waals surface area contributed by atoms with Crippen LogP contribution in [0.4, 0.5) is 0 Å². The van der Waals surface area contributed by atoms with Crippen LogP contribution in [0.15, 0.2) is 42.5 Å². The molecule has 0 heterocycles. The lowest BCUT2D eigenvalue weighted by atomic mass is 10.1. The minimum atomic E-state index is 0.466. The van der Waals surface area contributed by atoms with Crippen molar-refractivity contribution in [3.63, 3.8) is 0 Å². The molecule has 1 atom stereocenters. The summed E-state index contributed by atoms with van der Waals surface area (Å²) >= 11 is 11.9. The molecule has 2 rings (SSSR count). The number of benzene rings is 2. The fourth-order valence-electron chi connectivity index (χ4n) is 1.97. The average Bonchev–Trinajstić information content (AvgIpc) is 2.50. The van der Waals surface area contributed by atoms with Gasteiger partial charge in [-0.1, -0.05) is 41.4 Å². The summed E-state index contributed by atoms with van der Waals surface area (Å²) < 4.78 is 5.76. The Morgan fingerprint density at radius 3 is 2.29 bits per heavy atom. The van der Waals surface area contributed by atoms with E-state index in [4.69, 9.17) is 27.9 Å². The number of rotatable bonds is 6. The normalized spacial score (nSPS) is 12.2. The first-order chi connectivity index (χ1) is 10.1. The van der Waals surface area contributed by atoms with Crippen LogP contribution >= 0.6 is 23.2 Å². The van der Waals surface area contributed by atoms with Gasteiger partial charge >= 0.3 is 0 Å². The van der Waals surface area contributed by atoms with Crippen molar-refractivity contribution in [2.45, 2.75) is 26.0 Å². The fourth-order valence-corrected chi connectivity index (χ4v) is 2.29. The standard InChI is InChI=1S/C17H19Cl2NO/c1-12(20-2)9-13-3-6-15(7-4-13)21-11-14-5-8-16(18)17(19)10-14/h3-8,10,12,20H,9,11H2,1-2H3. The van der Waals surface area contributed by atoms with Gasteiger partial charge in [-0.2, -0.15) is 0 Å². The molecule has 2 aromatic rings. The van der Waals surface area contributed by atoms with E-state index >= 15 is 0 Å². The summed E-state index contributed by atoms with van der Waals surface area (Å²) in [5, 5.41) is 4.34. The molecule has 1 unspecified atom stereocenters. The Hall–Kier alpha value is -1.22. The van der Waals surface area contributed by atoms with Crippen LogP contribution in [0.25, 0.3) is 0 Å². The molecule has 0 aromatic heterocycles. The number of hydrogen-bond donors (Lipinski definition) is 1. The third kappa shape index (κ3) is 4.92. The van der Waals surface area contributed by atoms with E-state index in [1.165, 1.54) is 5.56 Å². The molecular weight excluding hydrogens is 305 g/mol. The maximum absolute atomic E-state index is 5.99. The van der Waals surface area contributed by atoms with Crippen molar-refractivity contribution < 1.29 is 4.74 Å². The second-order valence-electron chi connectivity index (χ2n) is 5.07. The van der Waals surface area contributed by atoms with Gasteiger partial charge in [-0.15, -0.1) is 0 Å². The Morgan fingerprint density at radius 1 is 1.00 bits per heavy atom. The predicted molar refractivity (Wildman–Crippen MR) is 89.5 cm³/mol. The van der Waals surface area contributed by atoms with Crippen molar-refractivity contribution in [2.24, 2.45) is 0 Å². The minimum Gasteiger partial charge on any atom is -0.489 e. The zero-order valence-electron chi connectivity index (χ0n) is 12.2. The van der Waals surface area contributed by atoms with E-state index in [0.29, 0.717) is 22.7 Å². The number of halogens is 2. The van der Waals surface area contributed by atoms with Crippen molar-refractivity contribution in [3.05, 3.63) is 63.6 Å². The number of nitrogens with one attached hydrogen (secondary N) is 1. The quantitative estimate of drug-likeness (QED) is 0.830. The topological polar surface area (TPSA) is 21.3 Å².